The maximum atomic E-state index is 12.4. The van der Waals surface area contributed by atoms with Crippen LogP contribution in [0.25, 0.3) is 0 Å². The van der Waals surface area contributed by atoms with Crippen molar-refractivity contribution in [2.45, 2.75) is 31.3 Å². The molecule has 20 heavy (non-hydrogen) atoms. The molecule has 7 atom stereocenters. The summed E-state index contributed by atoms with van der Waals surface area (Å²) in [5.74, 6) is 0.577. The summed E-state index contributed by atoms with van der Waals surface area (Å²) >= 11 is 0. The van der Waals surface area contributed by atoms with Crippen molar-refractivity contribution >= 4 is 5.91 Å². The maximum absolute atomic E-state index is 12.4. The van der Waals surface area contributed by atoms with Gasteiger partial charge in [0.25, 0.3) is 0 Å². The summed E-state index contributed by atoms with van der Waals surface area (Å²) in [7, 11) is 0. The van der Waals surface area contributed by atoms with E-state index >= 15 is 0 Å². The van der Waals surface area contributed by atoms with Crippen molar-refractivity contribution in [2.75, 3.05) is 0 Å². The van der Waals surface area contributed by atoms with Crippen molar-refractivity contribution in [3.63, 3.8) is 0 Å². The lowest BCUT2D eigenvalue weighted by Crippen LogP contribution is -2.45. The molecule has 0 radical (unpaired) electrons. The van der Waals surface area contributed by atoms with Crippen LogP contribution in [-0.4, -0.2) is 23.2 Å². The van der Waals surface area contributed by atoms with Crippen LogP contribution in [0, 0.1) is 30.6 Å². The fourth-order valence-electron chi connectivity index (χ4n) is 5.37. The molecule has 2 aliphatic carbocycles. The van der Waals surface area contributed by atoms with E-state index in [1.165, 1.54) is 0 Å². The zero-order valence-electron chi connectivity index (χ0n) is 11.2. The number of nitrogens with one attached hydrogen (secondary N) is 1. The van der Waals surface area contributed by atoms with Crippen LogP contribution in [-0.2, 0) is 15.3 Å². The average Bonchev–Trinajstić information content (AvgIpc) is 3.08. The van der Waals surface area contributed by atoms with Crippen molar-refractivity contribution in [1.82, 2.24) is 5.32 Å². The van der Waals surface area contributed by atoms with Crippen LogP contribution in [0.15, 0.2) is 24.3 Å². The molecule has 7 unspecified atom stereocenters. The molecular weight excluding hydrogens is 254 g/mol. The summed E-state index contributed by atoms with van der Waals surface area (Å²) in [6, 6.07) is 8.08. The molecule has 2 aliphatic heterocycles. The summed E-state index contributed by atoms with van der Waals surface area (Å²) in [6.07, 6.45) is 0.349. The number of ether oxygens (including phenoxy) is 1. The molecule has 4 fully saturated rings. The third-order valence-corrected chi connectivity index (χ3v) is 6.00. The van der Waals surface area contributed by atoms with Crippen LogP contribution in [0.4, 0.5) is 0 Å². The SMILES string of the molecule is Cc1ccccc1C12NC(=O)C3C4CC(C(O1)C4O)C32. The normalized spacial score (nSPS) is 50.8. The van der Waals surface area contributed by atoms with Crippen molar-refractivity contribution < 1.29 is 14.6 Å². The highest BCUT2D eigenvalue weighted by molar-refractivity contribution is 5.84. The van der Waals surface area contributed by atoms with Crippen molar-refractivity contribution in [2.24, 2.45) is 23.7 Å². The predicted molar refractivity (Wildman–Crippen MR) is 70.5 cm³/mol. The van der Waals surface area contributed by atoms with Gasteiger partial charge in [-0.15, -0.1) is 0 Å². The third kappa shape index (κ3) is 1.00. The van der Waals surface area contributed by atoms with Gasteiger partial charge in [0.15, 0.2) is 5.72 Å². The molecule has 0 aromatic heterocycles. The second-order valence-corrected chi connectivity index (χ2v) is 6.73. The quantitative estimate of drug-likeness (QED) is 0.798. The predicted octanol–water partition coefficient (Wildman–Crippen LogP) is 0.919. The van der Waals surface area contributed by atoms with E-state index in [2.05, 4.69) is 18.3 Å². The molecule has 2 saturated carbocycles. The lowest BCUT2D eigenvalue weighted by molar-refractivity contribution is -0.141. The number of hydrogen-bond acceptors (Lipinski definition) is 3. The monoisotopic (exact) mass is 271 g/mol. The number of rotatable bonds is 1. The molecule has 2 N–H and O–H groups in total. The highest BCUT2D eigenvalue weighted by Crippen LogP contribution is 2.67. The van der Waals surface area contributed by atoms with Crippen LogP contribution < -0.4 is 5.32 Å². The van der Waals surface area contributed by atoms with E-state index in [1.807, 2.05) is 18.2 Å². The first kappa shape index (κ1) is 11.3. The van der Waals surface area contributed by atoms with E-state index < -0.39 is 11.8 Å². The van der Waals surface area contributed by atoms with Gasteiger partial charge < -0.3 is 15.2 Å². The highest BCUT2D eigenvalue weighted by atomic mass is 16.5. The Labute approximate surface area is 117 Å². The van der Waals surface area contributed by atoms with Crippen molar-refractivity contribution in [3.05, 3.63) is 35.4 Å². The third-order valence-electron chi connectivity index (χ3n) is 6.00. The molecule has 2 heterocycles. The standard InChI is InChI=1S/C16H17NO3/c1-7-4-2-3-5-10(7)16-12-9-6-8(11(12)15(19)17-16)13(18)14(9)20-16/h2-5,8-9,11-14,18H,6H2,1H3,(H,17,19). The minimum absolute atomic E-state index is 0.0583. The average molecular weight is 271 g/mol. The highest BCUT2D eigenvalue weighted by Gasteiger charge is 2.76. The van der Waals surface area contributed by atoms with E-state index in [0.717, 1.165) is 17.5 Å². The number of aliphatic hydroxyl groups is 1. The summed E-state index contributed by atoms with van der Waals surface area (Å²) in [6.45, 7) is 2.05. The minimum Gasteiger partial charge on any atom is -0.390 e. The van der Waals surface area contributed by atoms with Gasteiger partial charge in [-0.2, -0.15) is 0 Å². The first-order valence-electron chi connectivity index (χ1n) is 7.37. The van der Waals surface area contributed by atoms with Crippen LogP contribution in [0.2, 0.25) is 0 Å². The fourth-order valence-corrected chi connectivity index (χ4v) is 5.37. The van der Waals surface area contributed by atoms with Crippen LogP contribution in [0.1, 0.15) is 17.5 Å². The Kier molecular flexibility index (Phi) is 1.84. The van der Waals surface area contributed by atoms with Crippen LogP contribution in [0.3, 0.4) is 0 Å². The topological polar surface area (TPSA) is 58.6 Å². The van der Waals surface area contributed by atoms with E-state index in [1.54, 1.807) is 0 Å². The molecule has 4 heteroatoms. The lowest BCUT2D eigenvalue weighted by atomic mass is 9.75. The van der Waals surface area contributed by atoms with Gasteiger partial charge >= 0.3 is 0 Å². The van der Waals surface area contributed by atoms with Gasteiger partial charge in [-0.05, 0) is 30.7 Å². The number of carbonyl (C=O) groups is 1. The molecule has 0 spiro atoms. The molecule has 4 nitrogen and oxygen atoms in total. The maximum Gasteiger partial charge on any atom is 0.226 e. The van der Waals surface area contributed by atoms with Crippen molar-refractivity contribution in [1.29, 1.82) is 0 Å². The van der Waals surface area contributed by atoms with Crippen LogP contribution >= 0.6 is 0 Å². The van der Waals surface area contributed by atoms with Gasteiger partial charge in [-0.1, -0.05) is 24.3 Å². The van der Waals surface area contributed by atoms with Crippen molar-refractivity contribution in [3.8, 4) is 0 Å². The van der Waals surface area contributed by atoms with Gasteiger partial charge in [0.2, 0.25) is 5.91 Å². The molecule has 5 rings (SSSR count). The molecule has 4 aliphatic rings. The molecule has 2 saturated heterocycles. The van der Waals surface area contributed by atoms with E-state index in [0.29, 0.717) is 5.92 Å². The molecule has 104 valence electrons. The first-order chi connectivity index (χ1) is 9.63. The number of carbonyl (C=O) groups excluding carboxylic acids is 1. The van der Waals surface area contributed by atoms with Crippen LogP contribution in [0.5, 0.6) is 0 Å². The Balaban J connectivity index is 1.73. The zero-order chi connectivity index (χ0) is 13.6. The van der Waals surface area contributed by atoms with E-state index in [4.69, 9.17) is 4.74 Å². The second-order valence-electron chi connectivity index (χ2n) is 6.73. The molecule has 1 aromatic rings. The second kappa shape index (κ2) is 3.26. The molecular formula is C16H17NO3. The molecule has 1 amide bonds. The minimum atomic E-state index is -0.700. The zero-order valence-corrected chi connectivity index (χ0v) is 11.2. The number of benzene rings is 1. The van der Waals surface area contributed by atoms with Gasteiger partial charge in [0.1, 0.15) is 0 Å². The van der Waals surface area contributed by atoms with Gasteiger partial charge in [0.05, 0.1) is 18.1 Å². The van der Waals surface area contributed by atoms with Gasteiger partial charge in [-0.3, -0.25) is 4.79 Å². The number of aryl methyl sites for hydroxylation is 1. The van der Waals surface area contributed by atoms with Gasteiger partial charge in [0, 0.05) is 11.5 Å². The Morgan fingerprint density at radius 3 is 2.95 bits per heavy atom. The summed E-state index contributed by atoms with van der Waals surface area (Å²) in [4.78, 5) is 12.4. The smallest absolute Gasteiger partial charge is 0.226 e. The summed E-state index contributed by atoms with van der Waals surface area (Å²) in [5, 5.41) is 13.5. The van der Waals surface area contributed by atoms with E-state index in [-0.39, 0.29) is 29.8 Å². The Hall–Kier alpha value is -1.39. The summed E-state index contributed by atoms with van der Waals surface area (Å²) in [5.41, 5.74) is 1.49. The number of amides is 1. The Morgan fingerprint density at radius 1 is 1.35 bits per heavy atom. The van der Waals surface area contributed by atoms with Gasteiger partial charge in [-0.25, -0.2) is 0 Å². The summed E-state index contributed by atoms with van der Waals surface area (Å²) < 4.78 is 6.29. The largest absolute Gasteiger partial charge is 0.390 e. The number of hydrogen-bond donors (Lipinski definition) is 2. The lowest BCUT2D eigenvalue weighted by Gasteiger charge is -2.31. The fraction of sp³-hybridized carbons (Fsp3) is 0.562. The number of fused-ring (bicyclic) bond motifs is 2. The molecule has 2 bridgehead atoms. The Bertz CT molecular complexity index is 630. The Morgan fingerprint density at radius 2 is 2.15 bits per heavy atom. The molecule has 1 aromatic carbocycles. The van der Waals surface area contributed by atoms with E-state index in [9.17, 15) is 9.90 Å². The number of aliphatic hydroxyl groups excluding tert-OH is 1. The first-order valence-corrected chi connectivity index (χ1v) is 7.37.